The number of esters is 1. The van der Waals surface area contributed by atoms with Gasteiger partial charge >= 0.3 is 5.97 Å². The van der Waals surface area contributed by atoms with Crippen molar-refractivity contribution in [3.05, 3.63) is 52.1 Å². The van der Waals surface area contributed by atoms with Crippen LogP contribution < -0.4 is 4.74 Å². The summed E-state index contributed by atoms with van der Waals surface area (Å²) in [6.45, 7) is 1.87. The number of fused-ring (bicyclic) bond motifs is 1. The van der Waals surface area contributed by atoms with Gasteiger partial charge in [0.1, 0.15) is 10.6 Å². The summed E-state index contributed by atoms with van der Waals surface area (Å²) in [5.74, 6) is 0.906. The molecule has 0 amide bonds. The molecular formula is C16H12ClNO3S. The van der Waals surface area contributed by atoms with Gasteiger partial charge in [-0.05, 0) is 36.8 Å². The molecule has 0 radical (unpaired) electrons. The van der Waals surface area contributed by atoms with Gasteiger partial charge in [0.25, 0.3) is 0 Å². The summed E-state index contributed by atoms with van der Waals surface area (Å²) >= 11 is 7.22. The number of ether oxygens (including phenoxy) is 2. The van der Waals surface area contributed by atoms with Crippen molar-refractivity contribution < 1.29 is 14.3 Å². The second kappa shape index (κ2) is 5.94. The zero-order chi connectivity index (χ0) is 15.7. The Morgan fingerprint density at radius 1 is 1.23 bits per heavy atom. The molecule has 3 aromatic rings. The molecule has 22 heavy (non-hydrogen) atoms. The van der Waals surface area contributed by atoms with Crippen LogP contribution in [0.2, 0.25) is 5.02 Å². The number of aryl methyl sites for hydroxylation is 1. The van der Waals surface area contributed by atoms with E-state index in [1.54, 1.807) is 36.7 Å². The van der Waals surface area contributed by atoms with E-state index in [9.17, 15) is 4.79 Å². The lowest BCUT2D eigenvalue weighted by atomic mass is 10.1. The second-order valence-corrected chi connectivity index (χ2v) is 6.10. The zero-order valence-electron chi connectivity index (χ0n) is 11.9. The molecule has 1 aromatic carbocycles. The Bertz CT molecular complexity index is 842. The van der Waals surface area contributed by atoms with Crippen LogP contribution in [0.25, 0.3) is 10.1 Å². The van der Waals surface area contributed by atoms with Crippen molar-refractivity contribution in [3.63, 3.8) is 0 Å². The number of hydrogen-bond acceptors (Lipinski definition) is 5. The molecule has 0 N–H and O–H groups in total. The predicted molar refractivity (Wildman–Crippen MR) is 87.2 cm³/mol. The molecule has 0 aliphatic rings. The molecule has 6 heteroatoms. The smallest absolute Gasteiger partial charge is 0.348 e. The Morgan fingerprint density at radius 2 is 1.95 bits per heavy atom. The molecule has 0 aliphatic heterocycles. The fourth-order valence-corrected chi connectivity index (χ4v) is 3.40. The van der Waals surface area contributed by atoms with Crippen molar-refractivity contribution in [2.45, 2.75) is 6.92 Å². The number of nitrogens with zero attached hydrogens (tertiary/aromatic N) is 1. The highest BCUT2D eigenvalue weighted by Crippen LogP contribution is 2.38. The van der Waals surface area contributed by atoms with Crippen molar-refractivity contribution in [1.29, 1.82) is 0 Å². The Kier molecular flexibility index (Phi) is 4.00. The van der Waals surface area contributed by atoms with Gasteiger partial charge in [-0.3, -0.25) is 4.98 Å². The fourth-order valence-electron chi connectivity index (χ4n) is 2.16. The average Bonchev–Trinajstić information content (AvgIpc) is 2.87. The first-order valence-electron chi connectivity index (χ1n) is 6.49. The van der Waals surface area contributed by atoms with Crippen LogP contribution in [0.5, 0.6) is 11.5 Å². The monoisotopic (exact) mass is 333 g/mol. The maximum atomic E-state index is 11.8. The van der Waals surface area contributed by atoms with Gasteiger partial charge in [0.2, 0.25) is 0 Å². The van der Waals surface area contributed by atoms with Crippen molar-refractivity contribution in [2.24, 2.45) is 0 Å². The van der Waals surface area contributed by atoms with E-state index in [0.717, 1.165) is 15.6 Å². The first kappa shape index (κ1) is 14.8. The lowest BCUT2D eigenvalue weighted by Crippen LogP contribution is -1.99. The molecule has 2 heterocycles. The largest absolute Gasteiger partial charge is 0.465 e. The number of thiophene rings is 1. The first-order chi connectivity index (χ1) is 10.6. The van der Waals surface area contributed by atoms with Crippen LogP contribution in [-0.4, -0.2) is 18.1 Å². The third-order valence-corrected chi connectivity index (χ3v) is 4.67. The summed E-state index contributed by atoms with van der Waals surface area (Å²) in [6.07, 6.45) is 3.35. The fraction of sp³-hybridized carbons (Fsp3) is 0.125. The maximum Gasteiger partial charge on any atom is 0.348 e. The van der Waals surface area contributed by atoms with Crippen molar-refractivity contribution in [2.75, 3.05) is 7.11 Å². The lowest BCUT2D eigenvalue weighted by molar-refractivity contribution is 0.0605. The lowest BCUT2D eigenvalue weighted by Gasteiger charge is -2.07. The van der Waals surface area contributed by atoms with E-state index < -0.39 is 0 Å². The van der Waals surface area contributed by atoms with Gasteiger partial charge in [-0.25, -0.2) is 4.79 Å². The predicted octanol–water partition coefficient (Wildman–Crippen LogP) is 4.84. The van der Waals surface area contributed by atoms with Crippen LogP contribution in [0.15, 0.2) is 36.7 Å². The molecule has 0 bridgehead atoms. The highest BCUT2D eigenvalue weighted by atomic mass is 35.5. The number of benzene rings is 1. The molecule has 0 fully saturated rings. The number of rotatable bonds is 3. The average molecular weight is 334 g/mol. The second-order valence-electron chi connectivity index (χ2n) is 4.61. The molecule has 4 nitrogen and oxygen atoms in total. The highest BCUT2D eigenvalue weighted by Gasteiger charge is 2.19. The molecule has 112 valence electrons. The number of carbonyl (C=O) groups excluding carboxylic acids is 1. The summed E-state index contributed by atoms with van der Waals surface area (Å²) in [5, 5.41) is 1.51. The molecule has 0 saturated heterocycles. The summed E-state index contributed by atoms with van der Waals surface area (Å²) in [7, 11) is 1.37. The molecular weight excluding hydrogens is 322 g/mol. The van der Waals surface area contributed by atoms with E-state index in [1.807, 2.05) is 6.92 Å². The minimum atomic E-state index is -0.351. The number of pyridine rings is 1. The first-order valence-corrected chi connectivity index (χ1v) is 7.68. The quantitative estimate of drug-likeness (QED) is 0.644. The van der Waals surface area contributed by atoms with Crippen LogP contribution in [0, 0.1) is 6.92 Å². The topological polar surface area (TPSA) is 48.4 Å². The summed E-state index contributed by atoms with van der Waals surface area (Å²) in [5.41, 5.74) is 0.832. The molecule has 3 rings (SSSR count). The number of aromatic nitrogens is 1. The Morgan fingerprint density at radius 3 is 2.64 bits per heavy atom. The standard InChI is InChI=1S/C16H12ClNO3S/c1-9-14-12(21-11-5-3-10(17)4-6-11)7-18-8-13(14)22-15(9)16(19)20-2/h3-8H,1-2H3. The normalized spacial score (nSPS) is 10.7. The molecule has 0 unspecified atom stereocenters. The summed E-state index contributed by atoms with van der Waals surface area (Å²) in [6, 6.07) is 7.07. The van der Waals surface area contributed by atoms with Crippen LogP contribution in [-0.2, 0) is 4.74 Å². The SMILES string of the molecule is COC(=O)c1sc2cncc(Oc3ccc(Cl)cc3)c2c1C. The maximum absolute atomic E-state index is 11.8. The van der Waals surface area contributed by atoms with Gasteiger partial charge in [0.05, 0.1) is 18.0 Å². The molecule has 0 spiro atoms. The van der Waals surface area contributed by atoms with Gasteiger partial charge < -0.3 is 9.47 Å². The van der Waals surface area contributed by atoms with Gasteiger partial charge in [-0.1, -0.05) is 11.6 Å². The summed E-state index contributed by atoms with van der Waals surface area (Å²) < 4.78 is 11.6. The van der Waals surface area contributed by atoms with Crippen molar-refractivity contribution >= 4 is 39.0 Å². The van der Waals surface area contributed by atoms with Crippen molar-refractivity contribution in [1.82, 2.24) is 4.98 Å². The van der Waals surface area contributed by atoms with E-state index in [4.69, 9.17) is 21.1 Å². The van der Waals surface area contributed by atoms with Crippen LogP contribution in [0.1, 0.15) is 15.2 Å². The minimum absolute atomic E-state index is 0.351. The Labute approximate surface area is 136 Å². The number of hydrogen-bond donors (Lipinski definition) is 0. The molecule has 0 saturated carbocycles. The third kappa shape index (κ3) is 2.65. The van der Waals surface area contributed by atoms with E-state index in [1.165, 1.54) is 18.4 Å². The highest BCUT2D eigenvalue weighted by molar-refractivity contribution is 7.21. The molecule has 2 aromatic heterocycles. The van der Waals surface area contributed by atoms with Crippen molar-refractivity contribution in [3.8, 4) is 11.5 Å². The number of halogens is 1. The van der Waals surface area contributed by atoms with E-state index in [0.29, 0.717) is 21.4 Å². The van der Waals surface area contributed by atoms with Crippen LogP contribution in [0.3, 0.4) is 0 Å². The third-order valence-electron chi connectivity index (χ3n) is 3.22. The molecule has 0 aliphatic carbocycles. The van der Waals surface area contributed by atoms with E-state index in [-0.39, 0.29) is 5.97 Å². The van der Waals surface area contributed by atoms with Gasteiger partial charge in [0, 0.05) is 16.6 Å². The number of carbonyl (C=O) groups is 1. The van der Waals surface area contributed by atoms with Crippen LogP contribution in [0.4, 0.5) is 0 Å². The van der Waals surface area contributed by atoms with E-state index >= 15 is 0 Å². The minimum Gasteiger partial charge on any atom is -0.465 e. The van der Waals surface area contributed by atoms with Gasteiger partial charge in [0.15, 0.2) is 5.75 Å². The number of methoxy groups -OCH3 is 1. The Balaban J connectivity index is 2.08. The van der Waals surface area contributed by atoms with Gasteiger partial charge in [-0.15, -0.1) is 11.3 Å². The van der Waals surface area contributed by atoms with E-state index in [2.05, 4.69) is 4.98 Å². The zero-order valence-corrected chi connectivity index (χ0v) is 13.5. The Hall–Kier alpha value is -2.11. The van der Waals surface area contributed by atoms with Gasteiger partial charge in [-0.2, -0.15) is 0 Å². The summed E-state index contributed by atoms with van der Waals surface area (Å²) in [4.78, 5) is 16.6. The molecule has 0 atom stereocenters. The van der Waals surface area contributed by atoms with Crippen LogP contribution >= 0.6 is 22.9 Å².